The van der Waals surface area contributed by atoms with Gasteiger partial charge in [-0.25, -0.2) is 4.98 Å². The van der Waals surface area contributed by atoms with Gasteiger partial charge in [0.25, 0.3) is 0 Å². The Morgan fingerprint density at radius 3 is 3.19 bits per heavy atom. The predicted octanol–water partition coefficient (Wildman–Crippen LogP) is 2.15. The van der Waals surface area contributed by atoms with E-state index in [0.29, 0.717) is 5.92 Å². The van der Waals surface area contributed by atoms with E-state index in [2.05, 4.69) is 27.8 Å². The highest BCUT2D eigenvalue weighted by molar-refractivity contribution is 7.15. The van der Waals surface area contributed by atoms with Crippen LogP contribution in [0, 0.1) is 5.92 Å². The largest absolute Gasteiger partial charge is 0.384 e. The van der Waals surface area contributed by atoms with E-state index in [1.807, 2.05) is 0 Å². The summed E-state index contributed by atoms with van der Waals surface area (Å²) in [5, 5.41) is 2.09. The number of nitrogens with zero attached hydrogens (tertiary/aromatic N) is 3. The van der Waals surface area contributed by atoms with E-state index >= 15 is 0 Å². The molecule has 0 bridgehead atoms. The maximum absolute atomic E-state index is 6.19. The zero-order chi connectivity index (χ0) is 14.8. The van der Waals surface area contributed by atoms with Crippen molar-refractivity contribution in [3.8, 4) is 0 Å². The number of imidazole rings is 1. The molecule has 116 valence electrons. The minimum Gasteiger partial charge on any atom is -0.384 e. The van der Waals surface area contributed by atoms with Crippen LogP contribution < -0.4 is 10.6 Å². The third kappa shape index (κ3) is 2.93. The summed E-state index contributed by atoms with van der Waals surface area (Å²) in [6.07, 6.45) is 5.16. The van der Waals surface area contributed by atoms with E-state index in [1.165, 1.54) is 12.1 Å². The lowest BCUT2D eigenvalue weighted by Gasteiger charge is -2.19. The highest BCUT2D eigenvalue weighted by Crippen LogP contribution is 2.30. The van der Waals surface area contributed by atoms with Gasteiger partial charge in [-0.3, -0.25) is 4.40 Å². The maximum atomic E-state index is 6.19. The number of aromatic nitrogens is 2. The van der Waals surface area contributed by atoms with E-state index in [-0.39, 0.29) is 6.04 Å². The molecule has 0 saturated carbocycles. The fourth-order valence-electron chi connectivity index (χ4n) is 3.05. The molecule has 0 spiro atoms. The van der Waals surface area contributed by atoms with Crippen LogP contribution in [0.25, 0.3) is 4.96 Å². The molecule has 2 aromatic heterocycles. The van der Waals surface area contributed by atoms with Crippen molar-refractivity contribution >= 4 is 22.1 Å². The van der Waals surface area contributed by atoms with Crippen molar-refractivity contribution in [2.75, 3.05) is 31.7 Å². The van der Waals surface area contributed by atoms with Crippen LogP contribution in [0.4, 0.5) is 5.82 Å². The van der Waals surface area contributed by atoms with Gasteiger partial charge in [0.1, 0.15) is 0 Å². The minimum absolute atomic E-state index is 0.195. The highest BCUT2D eigenvalue weighted by Gasteiger charge is 2.27. The van der Waals surface area contributed by atoms with Crippen molar-refractivity contribution < 1.29 is 4.74 Å². The van der Waals surface area contributed by atoms with Crippen LogP contribution in [0.5, 0.6) is 0 Å². The average Bonchev–Trinajstić information content (AvgIpc) is 3.16. The van der Waals surface area contributed by atoms with Gasteiger partial charge in [-0.1, -0.05) is 6.92 Å². The molecule has 0 aliphatic carbocycles. The van der Waals surface area contributed by atoms with Gasteiger partial charge in [0.15, 0.2) is 10.8 Å². The van der Waals surface area contributed by atoms with Crippen molar-refractivity contribution in [2.45, 2.75) is 32.2 Å². The first-order valence-electron chi connectivity index (χ1n) is 7.66. The molecule has 2 unspecified atom stereocenters. The summed E-state index contributed by atoms with van der Waals surface area (Å²) in [7, 11) is 1.78. The number of thiazole rings is 1. The topological polar surface area (TPSA) is 55.8 Å². The third-order valence-corrected chi connectivity index (χ3v) is 5.06. The van der Waals surface area contributed by atoms with E-state index < -0.39 is 0 Å². The molecule has 0 radical (unpaired) electrons. The van der Waals surface area contributed by atoms with Crippen LogP contribution in [-0.4, -0.2) is 42.2 Å². The van der Waals surface area contributed by atoms with Crippen molar-refractivity contribution in [3.63, 3.8) is 0 Å². The molecule has 0 amide bonds. The van der Waals surface area contributed by atoms with Crippen molar-refractivity contribution in [1.82, 2.24) is 9.38 Å². The number of nitrogens with two attached hydrogens (primary N) is 1. The molecule has 21 heavy (non-hydrogen) atoms. The van der Waals surface area contributed by atoms with Crippen LogP contribution in [-0.2, 0) is 11.2 Å². The number of rotatable bonds is 6. The number of methoxy groups -OCH3 is 1. The quantitative estimate of drug-likeness (QED) is 0.888. The number of fused-ring (bicyclic) bond motifs is 1. The molecule has 2 atom stereocenters. The molecule has 2 aromatic rings. The van der Waals surface area contributed by atoms with Crippen molar-refractivity contribution in [1.29, 1.82) is 0 Å². The van der Waals surface area contributed by atoms with Crippen LogP contribution in [0.15, 0.2) is 11.6 Å². The van der Waals surface area contributed by atoms with Gasteiger partial charge in [-0.05, 0) is 12.8 Å². The summed E-state index contributed by atoms with van der Waals surface area (Å²) >= 11 is 1.69. The number of hydrogen-bond acceptors (Lipinski definition) is 5. The van der Waals surface area contributed by atoms with Gasteiger partial charge < -0.3 is 15.4 Å². The second kappa shape index (κ2) is 6.34. The van der Waals surface area contributed by atoms with E-state index in [9.17, 15) is 0 Å². The van der Waals surface area contributed by atoms with Crippen molar-refractivity contribution in [3.05, 3.63) is 17.3 Å². The Bertz CT molecular complexity index is 594. The van der Waals surface area contributed by atoms with Crippen LogP contribution >= 0.6 is 11.3 Å². The Hall–Kier alpha value is -1.11. The summed E-state index contributed by atoms with van der Waals surface area (Å²) in [5.41, 5.74) is 7.45. The molecular formula is C15H24N4OS. The average molecular weight is 308 g/mol. The molecule has 2 N–H and O–H groups in total. The fourth-order valence-corrected chi connectivity index (χ4v) is 3.78. The summed E-state index contributed by atoms with van der Waals surface area (Å²) in [6, 6.07) is 0.195. The zero-order valence-electron chi connectivity index (χ0n) is 12.8. The van der Waals surface area contributed by atoms with Gasteiger partial charge >= 0.3 is 0 Å². The molecule has 1 saturated heterocycles. The first kappa shape index (κ1) is 14.8. The second-order valence-electron chi connectivity index (χ2n) is 5.87. The van der Waals surface area contributed by atoms with Gasteiger partial charge in [-0.15, -0.1) is 11.3 Å². The minimum atomic E-state index is 0.195. The number of anilines is 1. The Labute approximate surface area is 129 Å². The summed E-state index contributed by atoms with van der Waals surface area (Å²) in [5.74, 6) is 1.74. The first-order chi connectivity index (χ1) is 10.2. The maximum Gasteiger partial charge on any atom is 0.195 e. The van der Waals surface area contributed by atoms with Gasteiger partial charge in [-0.2, -0.15) is 0 Å². The molecule has 6 heteroatoms. The normalized spacial score (nSPS) is 20.5. The van der Waals surface area contributed by atoms with Crippen LogP contribution in [0.1, 0.15) is 25.5 Å². The lowest BCUT2D eigenvalue weighted by Crippen LogP contribution is -2.26. The summed E-state index contributed by atoms with van der Waals surface area (Å²) in [4.78, 5) is 8.32. The number of hydrogen-bond donors (Lipinski definition) is 1. The van der Waals surface area contributed by atoms with E-state index in [1.54, 1.807) is 18.4 Å². The summed E-state index contributed by atoms with van der Waals surface area (Å²) < 4.78 is 7.50. The molecular weight excluding hydrogens is 284 g/mol. The van der Waals surface area contributed by atoms with Gasteiger partial charge in [0.2, 0.25) is 0 Å². The molecule has 1 aliphatic heterocycles. The zero-order valence-corrected chi connectivity index (χ0v) is 13.6. The molecule has 5 nitrogen and oxygen atoms in total. The smallest absolute Gasteiger partial charge is 0.195 e. The Balaban J connectivity index is 1.87. The summed E-state index contributed by atoms with van der Waals surface area (Å²) in [6.45, 7) is 5.07. The molecule has 3 heterocycles. The Kier molecular flexibility index (Phi) is 4.47. The molecule has 1 aliphatic rings. The monoisotopic (exact) mass is 308 g/mol. The standard InChI is InChI=1S/C15H24N4OS/c1-3-12(16)8-13-14(17-15-19(13)6-7-21-15)18-5-4-11(9-18)10-20-2/h6-7,11-12H,3-5,8-10,16H2,1-2H3. The second-order valence-corrected chi connectivity index (χ2v) is 6.74. The predicted molar refractivity (Wildman–Crippen MR) is 87.2 cm³/mol. The first-order valence-corrected chi connectivity index (χ1v) is 8.54. The van der Waals surface area contributed by atoms with E-state index in [0.717, 1.165) is 43.3 Å². The third-order valence-electron chi connectivity index (χ3n) is 4.31. The van der Waals surface area contributed by atoms with E-state index in [4.69, 9.17) is 15.5 Å². The lowest BCUT2D eigenvalue weighted by atomic mass is 10.1. The Morgan fingerprint density at radius 1 is 1.57 bits per heavy atom. The highest BCUT2D eigenvalue weighted by atomic mass is 32.1. The van der Waals surface area contributed by atoms with Crippen molar-refractivity contribution in [2.24, 2.45) is 11.7 Å². The SMILES string of the molecule is CCC(N)Cc1c(N2CCC(COC)C2)nc2sccn12. The molecule has 3 rings (SSSR count). The Morgan fingerprint density at radius 2 is 2.43 bits per heavy atom. The fraction of sp³-hybridized carbons (Fsp3) is 0.667. The van der Waals surface area contributed by atoms with Crippen LogP contribution in [0.3, 0.4) is 0 Å². The van der Waals surface area contributed by atoms with Crippen LogP contribution in [0.2, 0.25) is 0 Å². The molecule has 0 aromatic carbocycles. The lowest BCUT2D eigenvalue weighted by molar-refractivity contribution is 0.161. The van der Waals surface area contributed by atoms with Gasteiger partial charge in [0.05, 0.1) is 12.3 Å². The van der Waals surface area contributed by atoms with Gasteiger partial charge in [0, 0.05) is 50.2 Å². The molecule has 1 fully saturated rings. The number of ether oxygens (including phenoxy) is 1.